The van der Waals surface area contributed by atoms with Crippen molar-refractivity contribution in [1.29, 1.82) is 0 Å². The SMILES string of the molecule is OCC1C[C@H](Oc2nc3nc(-c4ccc(-c5ccc(-n6cccn6)nc5)cc4)c(Cl)cc3[nH]2)CO1. The Morgan fingerprint density at radius 2 is 1.94 bits per heavy atom. The van der Waals surface area contributed by atoms with Crippen LogP contribution in [0.25, 0.3) is 39.4 Å². The zero-order chi connectivity index (χ0) is 23.8. The lowest BCUT2D eigenvalue weighted by Crippen LogP contribution is -2.17. The standard InChI is InChI=1S/C25H21ClN6O3/c26-20-11-21-24(31-25(29-21)35-19-10-18(13-33)34-14-19)30-23(20)16-4-2-15(3-5-16)17-6-7-22(27-12-17)32-9-1-8-28-32/h1-9,11-12,18-19,33H,10,13-14H2,(H,29,30,31)/t18?,19-/m0/s1. The maximum atomic E-state index is 9.23. The van der Waals surface area contributed by atoms with Gasteiger partial charge < -0.3 is 19.6 Å². The Hall–Kier alpha value is -3.79. The average molecular weight is 489 g/mol. The molecule has 1 aliphatic heterocycles. The summed E-state index contributed by atoms with van der Waals surface area (Å²) in [6, 6.07) is 15.9. The number of nitrogens with one attached hydrogen (secondary N) is 1. The average Bonchev–Trinajstić information content (AvgIpc) is 3.65. The van der Waals surface area contributed by atoms with E-state index in [1.54, 1.807) is 16.9 Å². The lowest BCUT2D eigenvalue weighted by molar-refractivity contribution is 0.0528. The van der Waals surface area contributed by atoms with Crippen molar-refractivity contribution >= 4 is 22.8 Å². The van der Waals surface area contributed by atoms with E-state index in [1.807, 2.05) is 54.9 Å². The molecule has 0 aliphatic carbocycles. The van der Waals surface area contributed by atoms with E-state index in [1.165, 1.54) is 0 Å². The number of aliphatic hydroxyl groups excluding tert-OH is 1. The number of benzene rings is 1. The molecule has 1 saturated heterocycles. The minimum absolute atomic E-state index is 0.0214. The van der Waals surface area contributed by atoms with Crippen LogP contribution in [0.2, 0.25) is 5.02 Å². The van der Waals surface area contributed by atoms with E-state index in [9.17, 15) is 5.11 Å². The molecule has 1 aliphatic rings. The van der Waals surface area contributed by atoms with Crippen LogP contribution in [-0.4, -0.2) is 60.2 Å². The number of imidazole rings is 1. The Balaban J connectivity index is 1.22. The Kier molecular flexibility index (Phi) is 5.65. The second-order valence-electron chi connectivity index (χ2n) is 8.28. The number of pyridine rings is 2. The lowest BCUT2D eigenvalue weighted by Gasteiger charge is -2.07. The van der Waals surface area contributed by atoms with Crippen molar-refractivity contribution in [2.24, 2.45) is 0 Å². The van der Waals surface area contributed by atoms with E-state index in [-0.39, 0.29) is 18.8 Å². The highest BCUT2D eigenvalue weighted by atomic mass is 35.5. The molecule has 1 fully saturated rings. The third-order valence-electron chi connectivity index (χ3n) is 5.91. The van der Waals surface area contributed by atoms with Crippen LogP contribution >= 0.6 is 11.6 Å². The smallest absolute Gasteiger partial charge is 0.296 e. The van der Waals surface area contributed by atoms with Crippen molar-refractivity contribution in [3.05, 3.63) is 72.1 Å². The Bertz CT molecular complexity index is 1450. The number of hydrogen-bond donors (Lipinski definition) is 2. The van der Waals surface area contributed by atoms with Crippen LogP contribution in [0.3, 0.4) is 0 Å². The fraction of sp³-hybridized carbons (Fsp3) is 0.200. The Morgan fingerprint density at radius 1 is 1.11 bits per heavy atom. The topological polar surface area (TPSA) is 111 Å². The normalized spacial score (nSPS) is 17.8. The van der Waals surface area contributed by atoms with Crippen LogP contribution in [0.1, 0.15) is 6.42 Å². The molecule has 0 saturated carbocycles. The molecule has 2 atom stereocenters. The molecule has 1 aromatic carbocycles. The van der Waals surface area contributed by atoms with Crippen molar-refractivity contribution in [3.8, 4) is 34.2 Å². The summed E-state index contributed by atoms with van der Waals surface area (Å²) in [6.07, 6.45) is 5.65. The highest BCUT2D eigenvalue weighted by Crippen LogP contribution is 2.31. The van der Waals surface area contributed by atoms with Crippen LogP contribution in [0, 0.1) is 0 Å². The zero-order valence-electron chi connectivity index (χ0n) is 18.5. The third-order valence-corrected chi connectivity index (χ3v) is 6.20. The number of rotatable bonds is 6. The summed E-state index contributed by atoms with van der Waals surface area (Å²) < 4.78 is 13.1. The zero-order valence-corrected chi connectivity index (χ0v) is 19.3. The van der Waals surface area contributed by atoms with Gasteiger partial charge in [-0.3, -0.25) is 0 Å². The molecule has 0 amide bonds. The predicted octanol–water partition coefficient (Wildman–Crippen LogP) is 4.05. The van der Waals surface area contributed by atoms with Gasteiger partial charge in [-0.1, -0.05) is 35.9 Å². The van der Waals surface area contributed by atoms with Gasteiger partial charge in [0, 0.05) is 36.1 Å². The highest BCUT2D eigenvalue weighted by Gasteiger charge is 2.27. The van der Waals surface area contributed by atoms with E-state index in [4.69, 9.17) is 21.1 Å². The van der Waals surface area contributed by atoms with Crippen molar-refractivity contribution < 1.29 is 14.6 Å². The van der Waals surface area contributed by atoms with Gasteiger partial charge in [0.2, 0.25) is 0 Å². The first-order valence-electron chi connectivity index (χ1n) is 11.2. The molecule has 5 aromatic rings. The van der Waals surface area contributed by atoms with E-state index < -0.39 is 0 Å². The third kappa shape index (κ3) is 4.37. The number of aromatic amines is 1. The maximum absolute atomic E-state index is 9.23. The molecule has 35 heavy (non-hydrogen) atoms. The number of hydrogen-bond acceptors (Lipinski definition) is 7. The summed E-state index contributed by atoms with van der Waals surface area (Å²) in [7, 11) is 0. The lowest BCUT2D eigenvalue weighted by atomic mass is 10.0. The Morgan fingerprint density at radius 3 is 2.66 bits per heavy atom. The number of aromatic nitrogens is 6. The van der Waals surface area contributed by atoms with Gasteiger partial charge in [-0.25, -0.2) is 14.6 Å². The molecular formula is C25H21ClN6O3. The summed E-state index contributed by atoms with van der Waals surface area (Å²) in [5, 5.41) is 13.9. The van der Waals surface area contributed by atoms with Gasteiger partial charge in [0.25, 0.3) is 6.01 Å². The molecule has 6 rings (SSSR count). The molecule has 9 nitrogen and oxygen atoms in total. The predicted molar refractivity (Wildman–Crippen MR) is 131 cm³/mol. The first-order valence-corrected chi connectivity index (χ1v) is 11.6. The van der Waals surface area contributed by atoms with Gasteiger partial charge in [0.1, 0.15) is 6.10 Å². The number of H-pyrrole nitrogens is 1. The van der Waals surface area contributed by atoms with Crippen LogP contribution in [0.4, 0.5) is 0 Å². The monoisotopic (exact) mass is 488 g/mol. The van der Waals surface area contributed by atoms with Crippen molar-refractivity contribution in [2.75, 3.05) is 13.2 Å². The largest absolute Gasteiger partial charge is 0.459 e. The summed E-state index contributed by atoms with van der Waals surface area (Å²) in [6.45, 7) is 0.391. The van der Waals surface area contributed by atoms with Gasteiger partial charge in [-0.15, -0.1) is 0 Å². The molecule has 4 aromatic heterocycles. The van der Waals surface area contributed by atoms with Crippen molar-refractivity contribution in [1.82, 2.24) is 29.7 Å². The molecule has 1 unspecified atom stereocenters. The quantitative estimate of drug-likeness (QED) is 0.371. The van der Waals surface area contributed by atoms with Gasteiger partial charge in [0.15, 0.2) is 11.5 Å². The Labute approximate surface area is 205 Å². The fourth-order valence-corrected chi connectivity index (χ4v) is 4.37. The molecular weight excluding hydrogens is 468 g/mol. The number of ether oxygens (including phenoxy) is 2. The fourth-order valence-electron chi connectivity index (χ4n) is 4.11. The van der Waals surface area contributed by atoms with E-state index >= 15 is 0 Å². The van der Waals surface area contributed by atoms with Crippen molar-refractivity contribution in [3.63, 3.8) is 0 Å². The van der Waals surface area contributed by atoms with Crippen LogP contribution in [-0.2, 0) is 4.74 Å². The number of fused-ring (bicyclic) bond motifs is 1. The second-order valence-corrected chi connectivity index (χ2v) is 8.69. The molecule has 5 heterocycles. The van der Waals surface area contributed by atoms with Gasteiger partial charge in [-0.05, 0) is 29.8 Å². The van der Waals surface area contributed by atoms with E-state index in [2.05, 4.69) is 25.0 Å². The molecule has 0 bridgehead atoms. The van der Waals surface area contributed by atoms with Crippen molar-refractivity contribution in [2.45, 2.75) is 18.6 Å². The summed E-state index contributed by atoms with van der Waals surface area (Å²) in [5.41, 5.74) is 4.74. The summed E-state index contributed by atoms with van der Waals surface area (Å²) in [4.78, 5) is 16.7. The minimum atomic E-state index is -0.198. The van der Waals surface area contributed by atoms with Crippen LogP contribution < -0.4 is 4.74 Å². The second kappa shape index (κ2) is 9.10. The maximum Gasteiger partial charge on any atom is 0.296 e. The number of halogens is 1. The first kappa shape index (κ1) is 21.7. The summed E-state index contributed by atoms with van der Waals surface area (Å²) in [5.74, 6) is 0.760. The number of nitrogens with zero attached hydrogens (tertiary/aromatic N) is 5. The first-order chi connectivity index (χ1) is 17.2. The molecule has 2 N–H and O–H groups in total. The highest BCUT2D eigenvalue weighted by molar-refractivity contribution is 6.33. The summed E-state index contributed by atoms with van der Waals surface area (Å²) >= 11 is 6.56. The molecule has 10 heteroatoms. The van der Waals surface area contributed by atoms with Crippen LogP contribution in [0.15, 0.2) is 67.1 Å². The van der Waals surface area contributed by atoms with E-state index in [0.29, 0.717) is 40.9 Å². The molecule has 0 spiro atoms. The van der Waals surface area contributed by atoms with Gasteiger partial charge in [-0.2, -0.15) is 10.1 Å². The number of aliphatic hydroxyl groups is 1. The van der Waals surface area contributed by atoms with Gasteiger partial charge in [0.05, 0.1) is 35.6 Å². The molecule has 176 valence electrons. The minimum Gasteiger partial charge on any atom is -0.459 e. The van der Waals surface area contributed by atoms with Crippen LogP contribution in [0.5, 0.6) is 6.01 Å². The molecule has 0 radical (unpaired) electrons. The van der Waals surface area contributed by atoms with Gasteiger partial charge >= 0.3 is 0 Å². The van der Waals surface area contributed by atoms with E-state index in [0.717, 1.165) is 22.5 Å².